The van der Waals surface area contributed by atoms with E-state index < -0.39 is 0 Å². The fourth-order valence-corrected chi connectivity index (χ4v) is 2.21. The largest absolute Gasteiger partial charge is 0.381 e. The van der Waals surface area contributed by atoms with Crippen molar-refractivity contribution in [1.29, 1.82) is 0 Å². The smallest absolute Gasteiger partial charge is 0.129 e. The van der Waals surface area contributed by atoms with Crippen LogP contribution in [0.1, 0.15) is 31.9 Å². The molecule has 0 aliphatic rings. The minimum absolute atomic E-state index is 0.132. The highest BCUT2D eigenvalue weighted by atomic mass is 35.5. The molecule has 0 heterocycles. The number of nitrogens with one attached hydrogen (secondary N) is 1. The minimum Gasteiger partial charge on any atom is -0.381 e. The number of hydrogen-bond acceptors (Lipinski definition) is 1. The first-order chi connectivity index (χ1) is 9.38. The lowest BCUT2D eigenvalue weighted by Gasteiger charge is -2.19. The van der Waals surface area contributed by atoms with Gasteiger partial charge in [0.25, 0.3) is 0 Å². The predicted octanol–water partition coefficient (Wildman–Crippen LogP) is 5.39. The number of rotatable bonds is 3. The van der Waals surface area contributed by atoms with E-state index in [9.17, 15) is 4.39 Å². The third-order valence-corrected chi connectivity index (χ3v) is 3.64. The molecule has 0 radical (unpaired) electrons. The number of benzene rings is 2. The Bertz CT molecular complexity index is 565. The van der Waals surface area contributed by atoms with E-state index in [2.05, 4.69) is 38.2 Å². The second-order valence-corrected chi connectivity index (χ2v) is 6.29. The monoisotopic (exact) mass is 291 g/mol. The highest BCUT2D eigenvalue weighted by Crippen LogP contribution is 2.24. The summed E-state index contributed by atoms with van der Waals surface area (Å²) in [5.74, 6) is -0.281. The lowest BCUT2D eigenvalue weighted by molar-refractivity contribution is 0.590. The van der Waals surface area contributed by atoms with Crippen molar-refractivity contribution in [3.05, 3.63) is 64.4 Å². The van der Waals surface area contributed by atoms with Gasteiger partial charge in [-0.25, -0.2) is 4.39 Å². The fraction of sp³-hybridized carbons (Fsp3) is 0.294. The van der Waals surface area contributed by atoms with Gasteiger partial charge in [-0.3, -0.25) is 0 Å². The van der Waals surface area contributed by atoms with Crippen molar-refractivity contribution in [2.24, 2.45) is 0 Å². The van der Waals surface area contributed by atoms with Crippen LogP contribution >= 0.6 is 11.6 Å². The Labute approximate surface area is 124 Å². The van der Waals surface area contributed by atoms with Gasteiger partial charge in [-0.05, 0) is 35.2 Å². The van der Waals surface area contributed by atoms with Gasteiger partial charge in [-0.15, -0.1) is 0 Å². The molecule has 2 aromatic rings. The molecule has 0 aliphatic carbocycles. The Morgan fingerprint density at radius 3 is 2.25 bits per heavy atom. The van der Waals surface area contributed by atoms with E-state index in [4.69, 9.17) is 11.6 Å². The number of anilines is 1. The maximum atomic E-state index is 13.6. The summed E-state index contributed by atoms with van der Waals surface area (Å²) in [7, 11) is 0. The van der Waals surface area contributed by atoms with Gasteiger partial charge >= 0.3 is 0 Å². The summed E-state index contributed by atoms with van der Waals surface area (Å²) in [6.07, 6.45) is 0. The summed E-state index contributed by atoms with van der Waals surface area (Å²) in [5, 5.41) is 3.64. The third-order valence-electron chi connectivity index (χ3n) is 3.28. The second-order valence-electron chi connectivity index (χ2n) is 5.88. The van der Waals surface area contributed by atoms with Gasteiger partial charge in [0, 0.05) is 22.8 Å². The predicted molar refractivity (Wildman–Crippen MR) is 83.9 cm³/mol. The van der Waals surface area contributed by atoms with Gasteiger partial charge in [0.1, 0.15) is 5.82 Å². The maximum absolute atomic E-state index is 13.6. The Kier molecular flexibility index (Phi) is 4.34. The van der Waals surface area contributed by atoms with Crippen LogP contribution < -0.4 is 5.32 Å². The van der Waals surface area contributed by atoms with Crippen molar-refractivity contribution in [3.63, 3.8) is 0 Å². The van der Waals surface area contributed by atoms with Crippen LogP contribution in [-0.2, 0) is 12.0 Å². The third kappa shape index (κ3) is 3.51. The SMILES string of the molecule is CC(C)(C)c1ccc(NCc2c(F)cccc2Cl)cc1. The zero-order chi connectivity index (χ0) is 14.8. The van der Waals surface area contributed by atoms with E-state index in [1.165, 1.54) is 11.6 Å². The van der Waals surface area contributed by atoms with Crippen LogP contribution in [0.4, 0.5) is 10.1 Å². The van der Waals surface area contributed by atoms with Gasteiger partial charge < -0.3 is 5.32 Å². The molecule has 0 saturated heterocycles. The van der Waals surface area contributed by atoms with Crippen molar-refractivity contribution < 1.29 is 4.39 Å². The lowest BCUT2D eigenvalue weighted by Crippen LogP contribution is -2.11. The fourth-order valence-electron chi connectivity index (χ4n) is 1.98. The number of hydrogen-bond donors (Lipinski definition) is 1. The topological polar surface area (TPSA) is 12.0 Å². The highest BCUT2D eigenvalue weighted by Gasteiger charge is 2.13. The van der Waals surface area contributed by atoms with Gasteiger partial charge in [-0.1, -0.05) is 50.6 Å². The molecule has 0 aliphatic heterocycles. The molecule has 0 atom stereocenters. The molecular formula is C17H19ClFN. The van der Waals surface area contributed by atoms with E-state index >= 15 is 0 Å². The average Bonchev–Trinajstić information content (AvgIpc) is 2.37. The first-order valence-electron chi connectivity index (χ1n) is 6.65. The van der Waals surface area contributed by atoms with Crippen LogP contribution in [0.2, 0.25) is 5.02 Å². The summed E-state index contributed by atoms with van der Waals surface area (Å²) >= 11 is 6.00. The van der Waals surface area contributed by atoms with Crippen LogP contribution in [0.15, 0.2) is 42.5 Å². The minimum atomic E-state index is -0.281. The zero-order valence-corrected chi connectivity index (χ0v) is 12.8. The van der Waals surface area contributed by atoms with E-state index in [0.29, 0.717) is 17.1 Å². The summed E-state index contributed by atoms with van der Waals surface area (Å²) in [4.78, 5) is 0. The normalized spacial score (nSPS) is 11.4. The molecule has 3 heteroatoms. The maximum Gasteiger partial charge on any atom is 0.129 e. The average molecular weight is 292 g/mol. The van der Waals surface area contributed by atoms with Crippen LogP contribution in [0.3, 0.4) is 0 Å². The van der Waals surface area contributed by atoms with E-state index in [-0.39, 0.29) is 11.2 Å². The quantitative estimate of drug-likeness (QED) is 0.799. The van der Waals surface area contributed by atoms with Gasteiger partial charge in [0.05, 0.1) is 0 Å². The van der Waals surface area contributed by atoms with E-state index in [0.717, 1.165) is 5.69 Å². The van der Waals surface area contributed by atoms with Gasteiger partial charge in [0.2, 0.25) is 0 Å². The molecule has 20 heavy (non-hydrogen) atoms. The molecule has 0 aromatic heterocycles. The Hall–Kier alpha value is -1.54. The van der Waals surface area contributed by atoms with Gasteiger partial charge in [-0.2, -0.15) is 0 Å². The Morgan fingerprint density at radius 1 is 1.05 bits per heavy atom. The summed E-state index contributed by atoms with van der Waals surface area (Å²) < 4.78 is 13.6. The van der Waals surface area contributed by atoms with Crippen LogP contribution in [-0.4, -0.2) is 0 Å². The molecule has 1 nitrogen and oxygen atoms in total. The molecule has 0 saturated carbocycles. The summed E-state index contributed by atoms with van der Waals surface area (Å²) in [5.41, 5.74) is 2.85. The Morgan fingerprint density at radius 2 is 1.70 bits per heavy atom. The molecule has 2 rings (SSSR count). The highest BCUT2D eigenvalue weighted by molar-refractivity contribution is 6.31. The van der Waals surface area contributed by atoms with Crippen molar-refractivity contribution >= 4 is 17.3 Å². The molecular weight excluding hydrogens is 273 g/mol. The molecule has 0 spiro atoms. The van der Waals surface area contributed by atoms with Crippen molar-refractivity contribution in [2.45, 2.75) is 32.7 Å². The standard InChI is InChI=1S/C17H19ClFN/c1-17(2,3)12-7-9-13(10-8-12)20-11-14-15(18)5-4-6-16(14)19/h4-10,20H,11H2,1-3H3. The van der Waals surface area contributed by atoms with Gasteiger partial charge in [0.15, 0.2) is 0 Å². The van der Waals surface area contributed by atoms with Crippen molar-refractivity contribution in [2.75, 3.05) is 5.32 Å². The van der Waals surface area contributed by atoms with Crippen LogP contribution in [0, 0.1) is 5.82 Å². The molecule has 1 N–H and O–H groups in total. The molecule has 0 bridgehead atoms. The summed E-state index contributed by atoms with van der Waals surface area (Å²) in [6, 6.07) is 12.9. The molecule has 106 valence electrons. The van der Waals surface area contributed by atoms with E-state index in [1.54, 1.807) is 12.1 Å². The first kappa shape index (κ1) is 14.9. The Balaban J connectivity index is 2.08. The van der Waals surface area contributed by atoms with E-state index in [1.807, 2.05) is 12.1 Å². The molecule has 0 unspecified atom stereocenters. The molecule has 0 amide bonds. The lowest BCUT2D eigenvalue weighted by atomic mass is 9.87. The van der Waals surface area contributed by atoms with Crippen molar-refractivity contribution in [1.82, 2.24) is 0 Å². The molecule has 2 aromatic carbocycles. The summed E-state index contributed by atoms with van der Waals surface area (Å²) in [6.45, 7) is 6.90. The zero-order valence-electron chi connectivity index (χ0n) is 12.0. The van der Waals surface area contributed by atoms with Crippen LogP contribution in [0.5, 0.6) is 0 Å². The first-order valence-corrected chi connectivity index (χ1v) is 7.03. The second kappa shape index (κ2) is 5.84. The van der Waals surface area contributed by atoms with Crippen LogP contribution in [0.25, 0.3) is 0 Å². The molecule has 0 fully saturated rings. The number of halogens is 2. The van der Waals surface area contributed by atoms with Crippen molar-refractivity contribution in [3.8, 4) is 0 Å².